The van der Waals surface area contributed by atoms with Gasteiger partial charge in [0, 0.05) is 12.6 Å². The third-order valence-corrected chi connectivity index (χ3v) is 3.93. The summed E-state index contributed by atoms with van der Waals surface area (Å²) in [6, 6.07) is 0.449. The molecule has 1 amide bonds. The number of carbonyl (C=O) groups excluding carboxylic acids is 1. The van der Waals surface area contributed by atoms with Gasteiger partial charge in [-0.25, -0.2) is 4.79 Å². The van der Waals surface area contributed by atoms with Crippen molar-refractivity contribution in [1.82, 2.24) is 10.2 Å². The van der Waals surface area contributed by atoms with E-state index in [2.05, 4.69) is 26.1 Å². The van der Waals surface area contributed by atoms with Crippen LogP contribution in [0.2, 0.25) is 0 Å². The van der Waals surface area contributed by atoms with E-state index >= 15 is 0 Å². The average Bonchev–Trinajstić information content (AvgIpc) is 2.42. The SMILES string of the molecule is CC(C)CCCNC(C)CC1COCCN1C(=O)OC(C)(C)C. The molecule has 0 aromatic carbocycles. The quantitative estimate of drug-likeness (QED) is 0.728. The van der Waals surface area contributed by atoms with E-state index in [1.165, 1.54) is 12.8 Å². The summed E-state index contributed by atoms with van der Waals surface area (Å²) in [6.45, 7) is 15.2. The first-order valence-corrected chi connectivity index (χ1v) is 9.00. The monoisotopic (exact) mass is 328 g/mol. The van der Waals surface area contributed by atoms with Crippen molar-refractivity contribution < 1.29 is 14.3 Å². The van der Waals surface area contributed by atoms with Crippen LogP contribution in [-0.4, -0.2) is 55.0 Å². The van der Waals surface area contributed by atoms with Gasteiger partial charge in [-0.1, -0.05) is 13.8 Å². The Bertz CT molecular complexity index is 353. The summed E-state index contributed by atoms with van der Waals surface area (Å²) in [6.07, 6.45) is 3.11. The average molecular weight is 328 g/mol. The van der Waals surface area contributed by atoms with Crippen molar-refractivity contribution in [1.29, 1.82) is 0 Å². The second-order valence-electron chi connectivity index (χ2n) is 8.03. The van der Waals surface area contributed by atoms with Gasteiger partial charge in [0.05, 0.1) is 19.3 Å². The number of morpholine rings is 1. The summed E-state index contributed by atoms with van der Waals surface area (Å²) in [5.41, 5.74) is -0.458. The number of carbonyl (C=O) groups is 1. The molecule has 0 saturated carbocycles. The molecular formula is C18H36N2O3. The number of amides is 1. The van der Waals surface area contributed by atoms with Crippen LogP contribution in [0.3, 0.4) is 0 Å². The van der Waals surface area contributed by atoms with Crippen molar-refractivity contribution in [3.8, 4) is 0 Å². The third-order valence-electron chi connectivity index (χ3n) is 3.93. The highest BCUT2D eigenvalue weighted by Gasteiger charge is 2.31. The first kappa shape index (κ1) is 20.2. The molecule has 1 heterocycles. The molecule has 2 atom stereocenters. The van der Waals surface area contributed by atoms with E-state index in [4.69, 9.17) is 9.47 Å². The van der Waals surface area contributed by atoms with Gasteiger partial charge in [0.25, 0.3) is 0 Å². The maximum atomic E-state index is 12.4. The molecule has 5 nitrogen and oxygen atoms in total. The fraction of sp³-hybridized carbons (Fsp3) is 0.944. The van der Waals surface area contributed by atoms with Gasteiger partial charge in [-0.05, 0) is 59.4 Å². The van der Waals surface area contributed by atoms with Crippen LogP contribution in [0.25, 0.3) is 0 Å². The van der Waals surface area contributed by atoms with Crippen molar-refractivity contribution in [2.24, 2.45) is 5.92 Å². The zero-order valence-corrected chi connectivity index (χ0v) is 15.9. The first-order chi connectivity index (χ1) is 10.7. The number of hydrogen-bond donors (Lipinski definition) is 1. The molecule has 0 radical (unpaired) electrons. The zero-order chi connectivity index (χ0) is 17.5. The Kier molecular flexibility index (Phi) is 8.34. The molecular weight excluding hydrogens is 292 g/mol. The Morgan fingerprint density at radius 3 is 2.65 bits per heavy atom. The lowest BCUT2D eigenvalue weighted by Gasteiger charge is -2.37. The van der Waals surface area contributed by atoms with Gasteiger partial charge in [-0.15, -0.1) is 0 Å². The molecule has 0 aromatic rings. The number of ether oxygens (including phenoxy) is 2. The molecule has 1 fully saturated rings. The summed E-state index contributed by atoms with van der Waals surface area (Å²) < 4.78 is 11.1. The summed E-state index contributed by atoms with van der Waals surface area (Å²) in [4.78, 5) is 14.2. The van der Waals surface area contributed by atoms with E-state index in [9.17, 15) is 4.79 Å². The molecule has 1 rings (SSSR count). The summed E-state index contributed by atoms with van der Waals surface area (Å²) in [5, 5.41) is 3.56. The molecule has 23 heavy (non-hydrogen) atoms. The third kappa shape index (κ3) is 8.56. The van der Waals surface area contributed by atoms with Crippen LogP contribution in [-0.2, 0) is 9.47 Å². The van der Waals surface area contributed by atoms with Gasteiger partial charge < -0.3 is 19.7 Å². The standard InChI is InChI=1S/C18H36N2O3/c1-14(2)8-7-9-19-15(3)12-16-13-22-11-10-20(16)17(21)23-18(4,5)6/h14-16,19H,7-13H2,1-6H3. The lowest BCUT2D eigenvalue weighted by Crippen LogP contribution is -2.52. The lowest BCUT2D eigenvalue weighted by molar-refractivity contribution is -0.0355. The van der Waals surface area contributed by atoms with Crippen LogP contribution in [0.5, 0.6) is 0 Å². The number of nitrogens with zero attached hydrogens (tertiary/aromatic N) is 1. The van der Waals surface area contributed by atoms with E-state index in [0.29, 0.717) is 25.8 Å². The van der Waals surface area contributed by atoms with Crippen LogP contribution in [0, 0.1) is 5.92 Å². The summed E-state index contributed by atoms with van der Waals surface area (Å²) in [5.74, 6) is 0.751. The van der Waals surface area contributed by atoms with Crippen molar-refractivity contribution >= 4 is 6.09 Å². The molecule has 136 valence electrons. The zero-order valence-electron chi connectivity index (χ0n) is 15.9. The van der Waals surface area contributed by atoms with Crippen LogP contribution in [0.15, 0.2) is 0 Å². The molecule has 0 aliphatic carbocycles. The minimum Gasteiger partial charge on any atom is -0.444 e. The molecule has 2 unspecified atom stereocenters. The van der Waals surface area contributed by atoms with Crippen molar-refractivity contribution in [2.45, 2.75) is 78.5 Å². The molecule has 1 aliphatic heterocycles. The first-order valence-electron chi connectivity index (χ1n) is 9.00. The topological polar surface area (TPSA) is 50.8 Å². The van der Waals surface area contributed by atoms with Gasteiger partial charge in [-0.3, -0.25) is 0 Å². The molecule has 0 spiro atoms. The largest absolute Gasteiger partial charge is 0.444 e. The Morgan fingerprint density at radius 1 is 1.35 bits per heavy atom. The Hall–Kier alpha value is -0.810. The fourth-order valence-corrected chi connectivity index (χ4v) is 2.76. The maximum absolute atomic E-state index is 12.4. The molecule has 0 bridgehead atoms. The fourth-order valence-electron chi connectivity index (χ4n) is 2.76. The minimum atomic E-state index is -0.458. The maximum Gasteiger partial charge on any atom is 0.410 e. The van der Waals surface area contributed by atoms with Gasteiger partial charge in [-0.2, -0.15) is 0 Å². The molecule has 1 N–H and O–H groups in total. The molecule has 0 aromatic heterocycles. The van der Waals surface area contributed by atoms with Gasteiger partial charge >= 0.3 is 6.09 Å². The summed E-state index contributed by atoms with van der Waals surface area (Å²) >= 11 is 0. The van der Waals surface area contributed by atoms with E-state index < -0.39 is 5.60 Å². The van der Waals surface area contributed by atoms with Crippen LogP contribution >= 0.6 is 0 Å². The van der Waals surface area contributed by atoms with Crippen LogP contribution in [0.1, 0.15) is 60.8 Å². The highest BCUT2D eigenvalue weighted by atomic mass is 16.6. The smallest absolute Gasteiger partial charge is 0.410 e. The molecule has 1 aliphatic rings. The second kappa shape index (κ2) is 9.48. The van der Waals surface area contributed by atoms with Crippen molar-refractivity contribution in [3.05, 3.63) is 0 Å². The van der Waals surface area contributed by atoms with E-state index in [1.54, 1.807) is 0 Å². The number of nitrogens with one attached hydrogen (secondary N) is 1. The molecule has 1 saturated heterocycles. The van der Waals surface area contributed by atoms with Gasteiger partial charge in [0.1, 0.15) is 5.60 Å². The number of rotatable bonds is 7. The minimum absolute atomic E-state index is 0.0891. The van der Waals surface area contributed by atoms with E-state index in [0.717, 1.165) is 18.9 Å². The van der Waals surface area contributed by atoms with E-state index in [-0.39, 0.29) is 12.1 Å². The van der Waals surface area contributed by atoms with Gasteiger partial charge in [0.15, 0.2) is 0 Å². The highest BCUT2D eigenvalue weighted by molar-refractivity contribution is 5.68. The van der Waals surface area contributed by atoms with Crippen LogP contribution < -0.4 is 5.32 Å². The Morgan fingerprint density at radius 2 is 2.04 bits per heavy atom. The highest BCUT2D eigenvalue weighted by Crippen LogP contribution is 2.17. The normalized spacial score (nSPS) is 20.7. The molecule has 5 heteroatoms. The van der Waals surface area contributed by atoms with Gasteiger partial charge in [0.2, 0.25) is 0 Å². The predicted octanol–water partition coefficient (Wildman–Crippen LogP) is 3.43. The van der Waals surface area contributed by atoms with Crippen molar-refractivity contribution in [2.75, 3.05) is 26.3 Å². The Balaban J connectivity index is 2.43. The second-order valence-corrected chi connectivity index (χ2v) is 8.03. The van der Waals surface area contributed by atoms with E-state index in [1.807, 2.05) is 25.7 Å². The Labute approximate surface area is 142 Å². The number of hydrogen-bond acceptors (Lipinski definition) is 4. The van der Waals surface area contributed by atoms with Crippen LogP contribution in [0.4, 0.5) is 4.79 Å². The summed E-state index contributed by atoms with van der Waals surface area (Å²) in [7, 11) is 0. The predicted molar refractivity (Wildman–Crippen MR) is 93.7 cm³/mol. The lowest BCUT2D eigenvalue weighted by atomic mass is 10.1. The van der Waals surface area contributed by atoms with Crippen molar-refractivity contribution in [3.63, 3.8) is 0 Å².